The summed E-state index contributed by atoms with van der Waals surface area (Å²) in [5, 5.41) is 0. The van der Waals surface area contributed by atoms with Crippen molar-refractivity contribution < 1.29 is 0 Å². The molecule has 0 atom stereocenters. The predicted molar refractivity (Wildman–Crippen MR) is 50.2 cm³/mol. The quantitative estimate of drug-likeness (QED) is 0.509. The van der Waals surface area contributed by atoms with Crippen LogP contribution in [0.4, 0.5) is 0 Å². The lowest BCUT2D eigenvalue weighted by molar-refractivity contribution is 0.961. The van der Waals surface area contributed by atoms with Gasteiger partial charge in [-0.3, -0.25) is 0 Å². The molecule has 0 aliphatic heterocycles. The molecule has 0 aromatic rings. The monoisotopic (exact) mass is 140 g/mol. The van der Waals surface area contributed by atoms with E-state index in [1.54, 1.807) is 0 Å². The Balaban J connectivity index is 0. The molecule has 0 aliphatic rings. The summed E-state index contributed by atoms with van der Waals surface area (Å²) in [5.41, 5.74) is 1.38. The topological polar surface area (TPSA) is 0 Å². The van der Waals surface area contributed by atoms with Gasteiger partial charge in [0.15, 0.2) is 0 Å². The molecule has 0 heterocycles. The minimum atomic E-state index is 1.15. The molecule has 0 amide bonds. The van der Waals surface area contributed by atoms with Gasteiger partial charge in [0.05, 0.1) is 0 Å². The van der Waals surface area contributed by atoms with Gasteiger partial charge in [-0.25, -0.2) is 0 Å². The smallest absolute Gasteiger partial charge is 0.0356 e. The zero-order valence-electron chi connectivity index (χ0n) is 7.78. The first-order chi connectivity index (χ1) is 4.68. The number of unbranched alkanes of at least 4 members (excludes halogenated alkanes) is 1. The van der Waals surface area contributed by atoms with Gasteiger partial charge in [-0.15, -0.1) is 6.58 Å². The van der Waals surface area contributed by atoms with Crippen LogP contribution in [-0.2, 0) is 0 Å². The highest BCUT2D eigenvalue weighted by Crippen LogP contribution is 1.82. The zero-order chi connectivity index (χ0) is 8.41. The summed E-state index contributed by atoms with van der Waals surface area (Å²) in [6, 6.07) is 0. The number of hydrogen-bond acceptors (Lipinski definition) is 0. The Morgan fingerprint density at radius 2 is 1.80 bits per heavy atom. The predicted octanol–water partition coefficient (Wildman–Crippen LogP) is 3.95. The molecule has 0 heteroatoms. The fraction of sp³-hybridized carbons (Fsp3) is 0.600. The summed E-state index contributed by atoms with van der Waals surface area (Å²) in [7, 11) is 0. The van der Waals surface area contributed by atoms with Crippen molar-refractivity contribution in [1.29, 1.82) is 0 Å². The van der Waals surface area contributed by atoms with Crippen molar-refractivity contribution >= 4 is 0 Å². The Morgan fingerprint density at radius 1 is 1.40 bits per heavy atom. The third-order valence-electron chi connectivity index (χ3n) is 1.07. The lowest BCUT2D eigenvalue weighted by Gasteiger charge is -1.74. The number of hydrogen-bond donors (Lipinski definition) is 0. The van der Waals surface area contributed by atoms with E-state index in [2.05, 4.69) is 33.4 Å². The van der Waals surface area contributed by atoms with Crippen LogP contribution in [0.2, 0.25) is 0 Å². The van der Waals surface area contributed by atoms with Gasteiger partial charge in [0.1, 0.15) is 0 Å². The molecule has 0 N–H and O–H groups in total. The summed E-state index contributed by atoms with van der Waals surface area (Å²) < 4.78 is 0. The van der Waals surface area contributed by atoms with Gasteiger partial charge in [0.25, 0.3) is 0 Å². The average Bonchev–Trinajstić information content (AvgIpc) is 1.91. The van der Waals surface area contributed by atoms with Gasteiger partial charge >= 0.3 is 0 Å². The second-order valence-electron chi connectivity index (χ2n) is 2.44. The fourth-order valence-corrected chi connectivity index (χ4v) is 0.204. The van der Waals surface area contributed by atoms with Crippen molar-refractivity contribution in [3.63, 3.8) is 0 Å². The fourth-order valence-electron chi connectivity index (χ4n) is 0.204. The van der Waals surface area contributed by atoms with E-state index in [9.17, 15) is 0 Å². The first-order valence-electron chi connectivity index (χ1n) is 3.89. The van der Waals surface area contributed by atoms with Crippen molar-refractivity contribution in [3.8, 4) is 0 Å². The zero-order valence-corrected chi connectivity index (χ0v) is 7.78. The first kappa shape index (κ1) is 12.2. The lowest BCUT2D eigenvalue weighted by atomic mass is 10.3. The van der Waals surface area contributed by atoms with E-state index in [0.29, 0.717) is 0 Å². The Morgan fingerprint density at radius 3 is 1.80 bits per heavy atom. The van der Waals surface area contributed by atoms with Crippen molar-refractivity contribution in [1.82, 2.24) is 0 Å². The van der Waals surface area contributed by atoms with Crippen LogP contribution in [0, 0.1) is 0 Å². The molecule has 0 aromatic carbocycles. The van der Waals surface area contributed by atoms with Gasteiger partial charge in [-0.1, -0.05) is 31.1 Å². The van der Waals surface area contributed by atoms with Gasteiger partial charge in [-0.05, 0) is 27.2 Å². The molecule has 0 spiro atoms. The van der Waals surface area contributed by atoms with Crippen LogP contribution in [-0.4, -0.2) is 0 Å². The van der Waals surface area contributed by atoms with Crippen molar-refractivity contribution in [2.45, 2.75) is 40.5 Å². The minimum absolute atomic E-state index is 1.15. The Labute approximate surface area is 65.7 Å². The van der Waals surface area contributed by atoms with Gasteiger partial charge < -0.3 is 0 Å². The molecular formula is C10H20. The van der Waals surface area contributed by atoms with Crippen molar-refractivity contribution in [3.05, 3.63) is 24.3 Å². The molecule has 0 rings (SSSR count). The molecule has 60 valence electrons. The lowest BCUT2D eigenvalue weighted by Crippen LogP contribution is -1.52. The average molecular weight is 140 g/mol. The molecule has 0 unspecified atom stereocenters. The second-order valence-corrected chi connectivity index (χ2v) is 2.44. The normalized spacial score (nSPS) is 7.20. The van der Waals surface area contributed by atoms with E-state index < -0.39 is 0 Å². The third-order valence-corrected chi connectivity index (χ3v) is 1.07. The van der Waals surface area contributed by atoms with Crippen molar-refractivity contribution in [2.24, 2.45) is 0 Å². The summed E-state index contributed by atoms with van der Waals surface area (Å²) in [4.78, 5) is 0. The maximum atomic E-state index is 3.55. The Hall–Kier alpha value is -0.520. The van der Waals surface area contributed by atoms with Crippen LogP contribution >= 0.6 is 0 Å². The molecule has 0 aromatic heterocycles. The molecule has 0 fully saturated rings. The third kappa shape index (κ3) is 25.9. The highest BCUT2D eigenvalue weighted by molar-refractivity contribution is 4.88. The van der Waals surface area contributed by atoms with Crippen LogP contribution in [0.5, 0.6) is 0 Å². The highest BCUT2D eigenvalue weighted by atomic mass is 13.7. The molecular weight excluding hydrogens is 120 g/mol. The molecule has 0 radical (unpaired) electrons. The maximum absolute atomic E-state index is 3.55. The molecule has 0 bridgehead atoms. The standard InChI is InChI=1S/2C5H10/c1-4-5(2)3;1-3-5-4-2/h4H,1-3H3;3H,1,4-5H2,2H3. The molecule has 0 aliphatic carbocycles. The number of allylic oxidation sites excluding steroid dienone is 3. The van der Waals surface area contributed by atoms with Gasteiger partial charge in [0.2, 0.25) is 0 Å². The van der Waals surface area contributed by atoms with E-state index in [0.717, 1.165) is 6.42 Å². The largest absolute Gasteiger partial charge is 0.103 e. The van der Waals surface area contributed by atoms with E-state index in [1.807, 2.05) is 13.0 Å². The Kier molecular flexibility index (Phi) is 13.8. The van der Waals surface area contributed by atoms with Gasteiger partial charge in [0, 0.05) is 0 Å². The van der Waals surface area contributed by atoms with E-state index in [-0.39, 0.29) is 0 Å². The van der Waals surface area contributed by atoms with E-state index >= 15 is 0 Å². The molecule has 0 saturated carbocycles. The van der Waals surface area contributed by atoms with E-state index in [4.69, 9.17) is 0 Å². The summed E-state index contributed by atoms with van der Waals surface area (Å²) >= 11 is 0. The van der Waals surface area contributed by atoms with Crippen LogP contribution in [0.25, 0.3) is 0 Å². The second kappa shape index (κ2) is 11.3. The van der Waals surface area contributed by atoms with Crippen LogP contribution in [0.3, 0.4) is 0 Å². The SMILES string of the molecule is C=CCCC.CC=C(C)C. The van der Waals surface area contributed by atoms with Crippen molar-refractivity contribution in [2.75, 3.05) is 0 Å². The minimum Gasteiger partial charge on any atom is -0.103 e. The van der Waals surface area contributed by atoms with Crippen LogP contribution < -0.4 is 0 Å². The Bertz CT molecular complexity index is 84.2. The molecule has 0 nitrogen and oxygen atoms in total. The highest BCUT2D eigenvalue weighted by Gasteiger charge is 1.61. The summed E-state index contributed by atoms with van der Waals surface area (Å²) in [6.45, 7) is 11.9. The summed E-state index contributed by atoms with van der Waals surface area (Å²) in [6.07, 6.45) is 6.39. The molecule has 0 saturated heterocycles. The molecule has 10 heavy (non-hydrogen) atoms. The maximum Gasteiger partial charge on any atom is -0.0356 e. The summed E-state index contributed by atoms with van der Waals surface area (Å²) in [5.74, 6) is 0. The van der Waals surface area contributed by atoms with E-state index in [1.165, 1.54) is 12.0 Å². The number of rotatable bonds is 2. The van der Waals surface area contributed by atoms with Gasteiger partial charge in [-0.2, -0.15) is 0 Å². The van der Waals surface area contributed by atoms with Crippen LogP contribution in [0.1, 0.15) is 40.5 Å². The first-order valence-corrected chi connectivity index (χ1v) is 3.89. The van der Waals surface area contributed by atoms with Crippen LogP contribution in [0.15, 0.2) is 24.3 Å².